The average molecular weight is 521 g/mol. The van der Waals surface area contributed by atoms with Crippen LogP contribution in [0.25, 0.3) is 0 Å². The van der Waals surface area contributed by atoms with Crippen LogP contribution in [0.5, 0.6) is 0 Å². The molecule has 0 aliphatic rings. The second-order valence-corrected chi connectivity index (χ2v) is 11.0. The molecular weight excluding hydrogens is 476 g/mol. The third-order valence-corrected chi connectivity index (χ3v) is 7.60. The molecule has 9 nitrogen and oxygen atoms in total. The highest BCUT2D eigenvalue weighted by atomic mass is 33.1. The third kappa shape index (κ3) is 21.2. The third-order valence-electron chi connectivity index (χ3n) is 5.12. The van der Waals surface area contributed by atoms with Crippen molar-refractivity contribution < 1.29 is 24.3 Å². The van der Waals surface area contributed by atoms with Gasteiger partial charge in [-0.15, -0.1) is 0 Å². The molecule has 198 valence electrons. The maximum atomic E-state index is 12.0. The molecular formula is C23H44N4O5S2. The van der Waals surface area contributed by atoms with E-state index in [-0.39, 0.29) is 24.0 Å². The van der Waals surface area contributed by atoms with Crippen LogP contribution >= 0.6 is 21.6 Å². The number of hydrogen-bond acceptors (Lipinski definition) is 8. The lowest BCUT2D eigenvalue weighted by molar-refractivity contribution is -0.137. The summed E-state index contributed by atoms with van der Waals surface area (Å²) in [5.41, 5.74) is 11.8. The number of unbranched alkanes of at least 4 members (excludes halogenated alkanes) is 8. The number of rotatable bonds is 23. The molecule has 0 rings (SSSR count). The molecule has 0 aromatic rings. The molecule has 0 aliphatic heterocycles. The van der Waals surface area contributed by atoms with Crippen LogP contribution in [0.3, 0.4) is 0 Å². The van der Waals surface area contributed by atoms with E-state index in [0.717, 1.165) is 57.8 Å². The van der Waals surface area contributed by atoms with E-state index in [1.165, 1.54) is 21.6 Å². The van der Waals surface area contributed by atoms with Crippen LogP contribution in [0, 0.1) is 0 Å². The Balaban J connectivity index is 3.63. The molecule has 0 heterocycles. The Morgan fingerprint density at radius 1 is 0.676 bits per heavy atom. The van der Waals surface area contributed by atoms with E-state index in [1.54, 1.807) is 6.92 Å². The van der Waals surface area contributed by atoms with Crippen molar-refractivity contribution in [1.29, 1.82) is 0 Å². The molecule has 0 aromatic carbocycles. The number of Topliss-reactive ketones (excluding diaryl/α,β-unsaturated/α-hetero) is 1. The zero-order valence-corrected chi connectivity index (χ0v) is 22.2. The second kappa shape index (κ2) is 22.2. The summed E-state index contributed by atoms with van der Waals surface area (Å²) in [4.78, 5) is 45.4. The van der Waals surface area contributed by atoms with Crippen molar-refractivity contribution >= 4 is 45.2 Å². The molecule has 2 atom stereocenters. The summed E-state index contributed by atoms with van der Waals surface area (Å²) >= 11 is 0. The first-order valence-corrected chi connectivity index (χ1v) is 14.7. The topological polar surface area (TPSA) is 165 Å². The highest BCUT2D eigenvalue weighted by Crippen LogP contribution is 2.22. The quantitative estimate of drug-likeness (QED) is 0.101. The van der Waals surface area contributed by atoms with Gasteiger partial charge in [0.2, 0.25) is 11.8 Å². The molecule has 0 saturated carbocycles. The van der Waals surface area contributed by atoms with Crippen LogP contribution in [0.2, 0.25) is 0 Å². The van der Waals surface area contributed by atoms with Gasteiger partial charge in [0.1, 0.15) is 5.78 Å². The van der Waals surface area contributed by atoms with Crippen LogP contribution < -0.4 is 22.1 Å². The standard InChI is InChI=1S/C23H44N4O5S2/c1-18(28)12-8-4-2-6-10-14-26-22(31)19(24)16-33-34-17-20(25)23(32)27-15-11-7-3-5-9-13-21(29)30/h19-20H,2-17,24-25H2,1H3,(H,26,31)(H,27,32)(H,29,30). The summed E-state index contributed by atoms with van der Waals surface area (Å²) in [6, 6.07) is -1.22. The van der Waals surface area contributed by atoms with E-state index < -0.39 is 18.1 Å². The highest BCUT2D eigenvalue weighted by molar-refractivity contribution is 8.76. The average Bonchev–Trinajstić information content (AvgIpc) is 2.79. The van der Waals surface area contributed by atoms with Crippen LogP contribution in [0.1, 0.15) is 84.0 Å². The number of carbonyl (C=O) groups is 4. The minimum Gasteiger partial charge on any atom is -0.481 e. The maximum Gasteiger partial charge on any atom is 0.303 e. The fourth-order valence-electron chi connectivity index (χ4n) is 3.04. The van der Waals surface area contributed by atoms with E-state index in [0.29, 0.717) is 37.4 Å². The van der Waals surface area contributed by atoms with E-state index in [9.17, 15) is 19.2 Å². The van der Waals surface area contributed by atoms with Crippen molar-refractivity contribution in [3.05, 3.63) is 0 Å². The maximum absolute atomic E-state index is 12.0. The number of aliphatic carboxylic acids is 1. The normalized spacial score (nSPS) is 12.7. The van der Waals surface area contributed by atoms with Crippen LogP contribution in [0.4, 0.5) is 0 Å². The van der Waals surface area contributed by atoms with Gasteiger partial charge in [0, 0.05) is 37.4 Å². The summed E-state index contributed by atoms with van der Waals surface area (Å²) in [6.07, 6.45) is 10.1. The van der Waals surface area contributed by atoms with Crippen molar-refractivity contribution in [3.8, 4) is 0 Å². The Kier molecular flexibility index (Phi) is 21.3. The number of ketones is 1. The number of carboxylic acid groups (broad SMARTS) is 1. The SMILES string of the molecule is CC(=O)CCCCCCCNC(=O)C(N)CSSCC(N)C(=O)NCCCCCCCC(=O)O. The van der Waals surface area contributed by atoms with Crippen LogP contribution in [-0.2, 0) is 19.2 Å². The molecule has 0 fully saturated rings. The zero-order valence-electron chi connectivity index (χ0n) is 20.5. The van der Waals surface area contributed by atoms with Crippen molar-refractivity contribution in [2.24, 2.45) is 11.5 Å². The van der Waals surface area contributed by atoms with Crippen LogP contribution in [-0.4, -0.2) is 65.4 Å². The van der Waals surface area contributed by atoms with E-state index in [1.807, 2.05) is 0 Å². The smallest absolute Gasteiger partial charge is 0.303 e. The van der Waals surface area contributed by atoms with Gasteiger partial charge in [-0.1, -0.05) is 60.1 Å². The first-order valence-electron chi connectivity index (χ1n) is 12.3. The first kappa shape index (κ1) is 32.7. The predicted octanol–water partition coefficient (Wildman–Crippen LogP) is 2.61. The Bertz CT molecular complexity index is 546. The van der Waals surface area contributed by atoms with Crippen molar-refractivity contribution in [2.75, 3.05) is 24.6 Å². The summed E-state index contributed by atoms with van der Waals surface area (Å²) in [6.45, 7) is 2.78. The Labute approximate surface area is 212 Å². The fraction of sp³-hybridized carbons (Fsp3) is 0.826. The minimum atomic E-state index is -0.761. The van der Waals surface area contributed by atoms with E-state index in [4.69, 9.17) is 16.6 Å². The molecule has 7 N–H and O–H groups in total. The summed E-state index contributed by atoms with van der Waals surface area (Å²) in [5, 5.41) is 14.3. The minimum absolute atomic E-state index is 0.172. The molecule has 0 saturated heterocycles. The van der Waals surface area contributed by atoms with Gasteiger partial charge in [-0.25, -0.2) is 0 Å². The number of carbonyl (C=O) groups excluding carboxylic acids is 3. The molecule has 0 aliphatic carbocycles. The van der Waals surface area contributed by atoms with Gasteiger partial charge in [-0.05, 0) is 32.6 Å². The second-order valence-electron chi connectivity index (χ2n) is 8.50. The van der Waals surface area contributed by atoms with Gasteiger partial charge >= 0.3 is 5.97 Å². The molecule has 2 amide bonds. The predicted molar refractivity (Wildman–Crippen MR) is 141 cm³/mol. The van der Waals surface area contributed by atoms with E-state index in [2.05, 4.69) is 10.6 Å². The lowest BCUT2D eigenvalue weighted by Crippen LogP contribution is -2.43. The molecule has 11 heteroatoms. The van der Waals surface area contributed by atoms with Gasteiger partial charge in [0.15, 0.2) is 0 Å². The number of amides is 2. The molecule has 0 aromatic heterocycles. The van der Waals surface area contributed by atoms with Crippen molar-refractivity contribution in [1.82, 2.24) is 10.6 Å². The molecule has 2 unspecified atom stereocenters. The molecule has 0 radical (unpaired) electrons. The molecule has 0 bridgehead atoms. The van der Waals surface area contributed by atoms with E-state index >= 15 is 0 Å². The molecule has 34 heavy (non-hydrogen) atoms. The number of carboxylic acids is 1. The monoisotopic (exact) mass is 520 g/mol. The number of nitrogens with one attached hydrogen (secondary N) is 2. The summed E-state index contributed by atoms with van der Waals surface area (Å²) in [5.74, 6) is -0.0149. The Morgan fingerprint density at radius 3 is 1.47 bits per heavy atom. The van der Waals surface area contributed by atoms with Gasteiger partial charge < -0.3 is 32.0 Å². The van der Waals surface area contributed by atoms with Gasteiger partial charge in [0.25, 0.3) is 0 Å². The van der Waals surface area contributed by atoms with Crippen LogP contribution in [0.15, 0.2) is 0 Å². The molecule has 0 spiro atoms. The lowest BCUT2D eigenvalue weighted by atomic mass is 10.1. The highest BCUT2D eigenvalue weighted by Gasteiger charge is 2.16. The van der Waals surface area contributed by atoms with Crippen molar-refractivity contribution in [2.45, 2.75) is 96.1 Å². The Morgan fingerprint density at radius 2 is 1.06 bits per heavy atom. The van der Waals surface area contributed by atoms with Crippen molar-refractivity contribution in [3.63, 3.8) is 0 Å². The Hall–Kier alpha value is -1.30. The van der Waals surface area contributed by atoms with Gasteiger partial charge in [0.05, 0.1) is 12.1 Å². The summed E-state index contributed by atoms with van der Waals surface area (Å²) in [7, 11) is 2.86. The largest absolute Gasteiger partial charge is 0.481 e. The van der Waals surface area contributed by atoms with Gasteiger partial charge in [-0.2, -0.15) is 0 Å². The summed E-state index contributed by atoms with van der Waals surface area (Å²) < 4.78 is 0. The number of nitrogens with two attached hydrogens (primary N) is 2. The van der Waals surface area contributed by atoms with Gasteiger partial charge in [-0.3, -0.25) is 14.4 Å². The fourth-order valence-corrected chi connectivity index (χ4v) is 5.29. The lowest BCUT2D eigenvalue weighted by Gasteiger charge is -2.13. The zero-order chi connectivity index (χ0) is 25.6. The first-order chi connectivity index (χ1) is 16.2. The number of hydrogen-bond donors (Lipinski definition) is 5.